The summed E-state index contributed by atoms with van der Waals surface area (Å²) in [5.41, 5.74) is 0. The average molecular weight is 765 g/mol. The van der Waals surface area contributed by atoms with Crippen LogP contribution in [-0.4, -0.2) is 37.2 Å². The Morgan fingerprint density at radius 2 is 0.648 bits per heavy atom. The van der Waals surface area contributed by atoms with Gasteiger partial charge in [0.2, 0.25) is 0 Å². The molecule has 0 aromatic carbocycles. The summed E-state index contributed by atoms with van der Waals surface area (Å²) >= 11 is 0. The van der Waals surface area contributed by atoms with Gasteiger partial charge in [0, 0.05) is 19.3 Å². The molecule has 0 aromatic heterocycles. The first-order valence-corrected chi connectivity index (χ1v) is 23.9. The van der Waals surface area contributed by atoms with E-state index in [0.29, 0.717) is 19.3 Å². The van der Waals surface area contributed by atoms with E-state index < -0.39 is 6.10 Å². The van der Waals surface area contributed by atoms with Gasteiger partial charge in [-0.2, -0.15) is 0 Å². The summed E-state index contributed by atoms with van der Waals surface area (Å²) in [6.45, 7) is 8.99. The van der Waals surface area contributed by atoms with Crippen molar-refractivity contribution in [2.75, 3.05) is 13.2 Å². The second kappa shape index (κ2) is 42.6. The van der Waals surface area contributed by atoms with E-state index in [0.717, 1.165) is 63.7 Å². The van der Waals surface area contributed by atoms with E-state index in [1.165, 1.54) is 161 Å². The van der Waals surface area contributed by atoms with Crippen molar-refractivity contribution in [1.29, 1.82) is 0 Å². The smallest absolute Gasteiger partial charge is 0.306 e. The summed E-state index contributed by atoms with van der Waals surface area (Å²) in [4.78, 5) is 37.7. The number of hydrogen-bond acceptors (Lipinski definition) is 6. The third-order valence-corrected chi connectivity index (χ3v) is 11.2. The Hall–Kier alpha value is -1.59. The summed E-state index contributed by atoms with van der Waals surface area (Å²) in [5, 5.41) is 0. The van der Waals surface area contributed by atoms with Crippen LogP contribution in [0.2, 0.25) is 0 Å². The molecule has 0 amide bonds. The Labute approximate surface area is 336 Å². The molecular weight excluding hydrogens is 673 g/mol. The van der Waals surface area contributed by atoms with Gasteiger partial charge in [-0.25, -0.2) is 0 Å². The van der Waals surface area contributed by atoms with Gasteiger partial charge in [0.15, 0.2) is 6.10 Å². The quantitative estimate of drug-likeness (QED) is 0.0349. The summed E-state index contributed by atoms with van der Waals surface area (Å²) in [5.74, 6) is -0.00946. The van der Waals surface area contributed by atoms with Crippen LogP contribution in [0.3, 0.4) is 0 Å². The van der Waals surface area contributed by atoms with Crippen molar-refractivity contribution in [2.45, 2.75) is 271 Å². The van der Waals surface area contributed by atoms with Crippen LogP contribution in [0, 0.1) is 5.92 Å². The predicted octanol–water partition coefficient (Wildman–Crippen LogP) is 15.1. The molecule has 6 heteroatoms. The normalized spacial score (nSPS) is 12.4. The number of carbonyl (C=O) groups is 3. The van der Waals surface area contributed by atoms with Crippen molar-refractivity contribution in [2.24, 2.45) is 5.92 Å². The van der Waals surface area contributed by atoms with Crippen molar-refractivity contribution in [1.82, 2.24) is 0 Å². The second-order valence-electron chi connectivity index (χ2n) is 16.6. The van der Waals surface area contributed by atoms with Crippen LogP contribution < -0.4 is 0 Å². The minimum absolute atomic E-state index is 0.0638. The summed E-state index contributed by atoms with van der Waals surface area (Å²) in [7, 11) is 0. The van der Waals surface area contributed by atoms with Gasteiger partial charge in [-0.05, 0) is 25.2 Å². The highest BCUT2D eigenvalue weighted by atomic mass is 16.6. The van der Waals surface area contributed by atoms with Gasteiger partial charge < -0.3 is 14.2 Å². The molecule has 0 bridgehead atoms. The Morgan fingerprint density at radius 3 is 0.963 bits per heavy atom. The molecule has 0 aliphatic heterocycles. The summed E-state index contributed by atoms with van der Waals surface area (Å²) < 4.78 is 16.7. The molecule has 0 saturated carbocycles. The van der Waals surface area contributed by atoms with Gasteiger partial charge in [0.05, 0.1) is 0 Å². The third kappa shape index (κ3) is 40.1. The minimum atomic E-state index is -0.759. The lowest BCUT2D eigenvalue weighted by Gasteiger charge is -2.18. The lowest BCUT2D eigenvalue weighted by atomic mass is 9.99. The number of esters is 3. The number of unbranched alkanes of at least 4 members (excludes halogenated alkanes) is 29. The maximum Gasteiger partial charge on any atom is 0.306 e. The minimum Gasteiger partial charge on any atom is -0.462 e. The fourth-order valence-electron chi connectivity index (χ4n) is 7.12. The number of ether oxygens (including phenoxy) is 3. The molecule has 0 aromatic rings. The molecular formula is C48H92O6. The first-order chi connectivity index (χ1) is 26.4. The molecule has 0 fully saturated rings. The fraction of sp³-hybridized carbons (Fsp3) is 0.938. The topological polar surface area (TPSA) is 78.9 Å². The third-order valence-electron chi connectivity index (χ3n) is 11.2. The van der Waals surface area contributed by atoms with Gasteiger partial charge in [0.1, 0.15) is 13.2 Å². The van der Waals surface area contributed by atoms with Crippen LogP contribution >= 0.6 is 0 Å². The molecule has 0 aliphatic carbocycles. The zero-order chi connectivity index (χ0) is 39.6. The molecule has 0 rings (SSSR count). The molecule has 54 heavy (non-hydrogen) atoms. The number of carbonyl (C=O) groups excluding carboxylic acids is 3. The van der Waals surface area contributed by atoms with Gasteiger partial charge in [0.25, 0.3) is 0 Å². The van der Waals surface area contributed by atoms with Crippen LogP contribution in [0.1, 0.15) is 265 Å². The Kier molecular flexibility index (Phi) is 41.3. The maximum absolute atomic E-state index is 12.7. The van der Waals surface area contributed by atoms with E-state index in [1.807, 2.05) is 0 Å². The van der Waals surface area contributed by atoms with Gasteiger partial charge in [-0.15, -0.1) is 0 Å². The van der Waals surface area contributed by atoms with Crippen molar-refractivity contribution in [3.8, 4) is 0 Å². The number of rotatable bonds is 43. The average Bonchev–Trinajstić information content (AvgIpc) is 3.17. The molecule has 0 spiro atoms. The summed E-state index contributed by atoms with van der Waals surface area (Å²) in [6.07, 6.45) is 42.2. The van der Waals surface area contributed by atoms with E-state index in [-0.39, 0.29) is 31.1 Å². The highest BCUT2D eigenvalue weighted by Gasteiger charge is 2.19. The molecule has 0 N–H and O–H groups in total. The lowest BCUT2D eigenvalue weighted by molar-refractivity contribution is -0.167. The largest absolute Gasteiger partial charge is 0.462 e. The van der Waals surface area contributed by atoms with E-state index >= 15 is 0 Å². The van der Waals surface area contributed by atoms with Gasteiger partial charge in [-0.1, -0.05) is 227 Å². The molecule has 0 saturated heterocycles. The summed E-state index contributed by atoms with van der Waals surface area (Å²) in [6, 6.07) is 0. The zero-order valence-electron chi connectivity index (χ0n) is 36.7. The highest BCUT2D eigenvalue weighted by molar-refractivity contribution is 5.71. The maximum atomic E-state index is 12.7. The first-order valence-electron chi connectivity index (χ1n) is 23.9. The van der Waals surface area contributed by atoms with Crippen molar-refractivity contribution >= 4 is 17.9 Å². The molecule has 1 unspecified atom stereocenters. The molecule has 0 aliphatic rings. The van der Waals surface area contributed by atoms with E-state index in [9.17, 15) is 14.4 Å². The Balaban J connectivity index is 4.29. The van der Waals surface area contributed by atoms with E-state index in [2.05, 4.69) is 27.7 Å². The van der Waals surface area contributed by atoms with Gasteiger partial charge >= 0.3 is 17.9 Å². The lowest BCUT2D eigenvalue weighted by Crippen LogP contribution is -2.30. The standard InChI is InChI=1S/C48H92O6/c1-5-8-10-12-14-16-17-18-19-20-21-23-28-32-36-40-47(50)53-43-45(42-52-46(49)39-35-31-27-22-15-13-11-9-6-2)54-48(51)41-37-33-29-25-24-26-30-34-38-44(4)7-3/h44-45H,5-43H2,1-4H3/t44?,45-/m0/s1. The molecule has 320 valence electrons. The Bertz CT molecular complexity index is 813. The van der Waals surface area contributed by atoms with Crippen molar-refractivity contribution < 1.29 is 28.6 Å². The van der Waals surface area contributed by atoms with Crippen molar-refractivity contribution in [3.63, 3.8) is 0 Å². The van der Waals surface area contributed by atoms with Crippen LogP contribution in [0.4, 0.5) is 0 Å². The molecule has 6 nitrogen and oxygen atoms in total. The second-order valence-corrected chi connectivity index (χ2v) is 16.6. The van der Waals surface area contributed by atoms with Crippen LogP contribution in [0.25, 0.3) is 0 Å². The molecule has 0 heterocycles. The van der Waals surface area contributed by atoms with Crippen molar-refractivity contribution in [3.05, 3.63) is 0 Å². The van der Waals surface area contributed by atoms with Gasteiger partial charge in [-0.3, -0.25) is 14.4 Å². The van der Waals surface area contributed by atoms with Crippen LogP contribution in [-0.2, 0) is 28.6 Å². The molecule has 0 radical (unpaired) electrons. The first kappa shape index (κ1) is 52.4. The molecule has 2 atom stereocenters. The fourth-order valence-corrected chi connectivity index (χ4v) is 7.12. The van der Waals surface area contributed by atoms with Crippen LogP contribution in [0.5, 0.6) is 0 Å². The highest BCUT2D eigenvalue weighted by Crippen LogP contribution is 2.17. The Morgan fingerprint density at radius 1 is 0.370 bits per heavy atom. The van der Waals surface area contributed by atoms with Crippen LogP contribution in [0.15, 0.2) is 0 Å². The SMILES string of the molecule is CCCCCCCCCCCCCCCCCC(=O)OC[C@H](COC(=O)CCCCCCCCCCC)OC(=O)CCCCCCCCCCC(C)CC. The van der Waals surface area contributed by atoms with E-state index in [4.69, 9.17) is 14.2 Å². The monoisotopic (exact) mass is 765 g/mol. The number of hydrogen-bond donors (Lipinski definition) is 0. The zero-order valence-corrected chi connectivity index (χ0v) is 36.7. The predicted molar refractivity (Wildman–Crippen MR) is 229 cm³/mol. The van der Waals surface area contributed by atoms with E-state index in [1.54, 1.807) is 0 Å².